The fourth-order valence-electron chi connectivity index (χ4n) is 1.23. The van der Waals surface area contributed by atoms with Crippen LogP contribution in [0.5, 0.6) is 0 Å². The van der Waals surface area contributed by atoms with E-state index in [1.54, 1.807) is 0 Å². The first kappa shape index (κ1) is 14.9. The van der Waals surface area contributed by atoms with Gasteiger partial charge in [0, 0.05) is 12.6 Å². The van der Waals surface area contributed by atoms with Crippen molar-refractivity contribution in [3.63, 3.8) is 0 Å². The third-order valence-corrected chi connectivity index (χ3v) is 2.58. The molecule has 0 aliphatic carbocycles. The van der Waals surface area contributed by atoms with Crippen LogP contribution in [-0.4, -0.2) is 37.0 Å². The highest BCUT2D eigenvalue weighted by atomic mass is 16.2. The Morgan fingerprint density at radius 2 is 2.06 bits per heavy atom. The topological polar surface area (TPSA) is 56.1 Å². The quantitative estimate of drug-likeness (QED) is 0.712. The number of nitrogens with one attached hydrogen (secondary N) is 1. The Kier molecular flexibility index (Phi) is 7.57. The van der Waals surface area contributed by atoms with Crippen molar-refractivity contribution in [2.45, 2.75) is 39.7 Å². The summed E-state index contributed by atoms with van der Waals surface area (Å²) < 4.78 is 0. The van der Waals surface area contributed by atoms with Gasteiger partial charge in [-0.2, -0.15) is 5.26 Å². The van der Waals surface area contributed by atoms with E-state index in [1.807, 2.05) is 18.9 Å². The predicted molar refractivity (Wildman–Crippen MR) is 64.8 cm³/mol. The highest BCUT2D eigenvalue weighted by Crippen LogP contribution is 1.99. The highest BCUT2D eigenvalue weighted by Gasteiger charge is 2.12. The standard InChI is InChI=1S/C12H23N3O/c1-10(2)6-8-14-12(16)9-15(4)11(3)5-7-13/h10-11H,5-6,8-9H2,1-4H3,(H,14,16). The zero-order valence-corrected chi connectivity index (χ0v) is 10.8. The molecule has 0 aliphatic heterocycles. The summed E-state index contributed by atoms with van der Waals surface area (Å²) in [5.41, 5.74) is 0. The first-order valence-corrected chi connectivity index (χ1v) is 5.81. The van der Waals surface area contributed by atoms with Crippen LogP contribution >= 0.6 is 0 Å². The second kappa shape index (κ2) is 8.12. The number of nitrogens with zero attached hydrogens (tertiary/aromatic N) is 2. The fraction of sp³-hybridized carbons (Fsp3) is 0.833. The van der Waals surface area contributed by atoms with Crippen LogP contribution in [0.1, 0.15) is 33.6 Å². The zero-order chi connectivity index (χ0) is 12.6. The number of carbonyl (C=O) groups is 1. The molecule has 0 spiro atoms. The Morgan fingerprint density at radius 1 is 1.44 bits per heavy atom. The van der Waals surface area contributed by atoms with E-state index in [0.29, 0.717) is 18.9 Å². The van der Waals surface area contributed by atoms with Gasteiger partial charge in [0.25, 0.3) is 0 Å². The van der Waals surface area contributed by atoms with Gasteiger partial charge in [0.05, 0.1) is 19.0 Å². The van der Waals surface area contributed by atoms with E-state index in [4.69, 9.17) is 5.26 Å². The van der Waals surface area contributed by atoms with Gasteiger partial charge in [0.2, 0.25) is 5.91 Å². The van der Waals surface area contributed by atoms with E-state index >= 15 is 0 Å². The van der Waals surface area contributed by atoms with Crippen molar-refractivity contribution in [2.75, 3.05) is 20.1 Å². The number of rotatable bonds is 7. The van der Waals surface area contributed by atoms with E-state index < -0.39 is 0 Å². The lowest BCUT2D eigenvalue weighted by atomic mass is 10.1. The number of nitriles is 1. The molecular weight excluding hydrogens is 202 g/mol. The maximum absolute atomic E-state index is 11.5. The summed E-state index contributed by atoms with van der Waals surface area (Å²) in [6.45, 7) is 7.31. The largest absolute Gasteiger partial charge is 0.355 e. The predicted octanol–water partition coefficient (Wildman–Crippen LogP) is 1.38. The van der Waals surface area contributed by atoms with Crippen molar-refractivity contribution < 1.29 is 4.79 Å². The molecule has 0 saturated heterocycles. The fourth-order valence-corrected chi connectivity index (χ4v) is 1.23. The molecule has 4 nitrogen and oxygen atoms in total. The van der Waals surface area contributed by atoms with Gasteiger partial charge in [-0.25, -0.2) is 0 Å². The lowest BCUT2D eigenvalue weighted by molar-refractivity contribution is -0.122. The van der Waals surface area contributed by atoms with Gasteiger partial charge in [-0.05, 0) is 26.3 Å². The highest BCUT2D eigenvalue weighted by molar-refractivity contribution is 5.77. The molecule has 0 aromatic carbocycles. The summed E-state index contributed by atoms with van der Waals surface area (Å²) in [5.74, 6) is 0.642. The molecule has 0 aliphatic rings. The molecule has 0 aromatic heterocycles. The van der Waals surface area contributed by atoms with Gasteiger partial charge in [-0.15, -0.1) is 0 Å². The van der Waals surface area contributed by atoms with Gasteiger partial charge in [-0.1, -0.05) is 13.8 Å². The molecule has 1 amide bonds. The summed E-state index contributed by atoms with van der Waals surface area (Å²) in [5, 5.41) is 11.4. The van der Waals surface area contributed by atoms with Gasteiger partial charge in [-0.3, -0.25) is 9.69 Å². The SMILES string of the molecule is CC(C)CCNC(=O)CN(C)C(C)CC#N. The molecule has 92 valence electrons. The Bertz CT molecular complexity index is 245. The normalized spacial score (nSPS) is 12.6. The second-order valence-electron chi connectivity index (χ2n) is 4.66. The van der Waals surface area contributed by atoms with Crippen molar-refractivity contribution in [3.05, 3.63) is 0 Å². The first-order chi connectivity index (χ1) is 7.47. The number of amides is 1. The first-order valence-electron chi connectivity index (χ1n) is 5.81. The van der Waals surface area contributed by atoms with Crippen LogP contribution in [0.25, 0.3) is 0 Å². The Balaban J connectivity index is 3.74. The summed E-state index contributed by atoms with van der Waals surface area (Å²) in [7, 11) is 1.87. The third-order valence-electron chi connectivity index (χ3n) is 2.58. The molecule has 0 heterocycles. The molecule has 16 heavy (non-hydrogen) atoms. The van der Waals surface area contributed by atoms with Crippen molar-refractivity contribution in [2.24, 2.45) is 5.92 Å². The second-order valence-corrected chi connectivity index (χ2v) is 4.66. The minimum Gasteiger partial charge on any atom is -0.355 e. The number of hydrogen-bond acceptors (Lipinski definition) is 3. The van der Waals surface area contributed by atoms with Crippen LogP contribution in [-0.2, 0) is 4.79 Å². The van der Waals surface area contributed by atoms with E-state index in [-0.39, 0.29) is 11.9 Å². The molecule has 0 saturated carbocycles. The van der Waals surface area contributed by atoms with Crippen molar-refractivity contribution in [1.82, 2.24) is 10.2 Å². The zero-order valence-electron chi connectivity index (χ0n) is 10.8. The van der Waals surface area contributed by atoms with Crippen LogP contribution in [0.15, 0.2) is 0 Å². The minimum atomic E-state index is 0.0351. The smallest absolute Gasteiger partial charge is 0.234 e. The molecule has 0 radical (unpaired) electrons. The summed E-state index contributed by atoms with van der Waals surface area (Å²) in [6.07, 6.45) is 1.46. The van der Waals surface area contributed by atoms with Crippen LogP contribution in [0, 0.1) is 17.2 Å². The molecule has 0 rings (SSSR count). The van der Waals surface area contributed by atoms with Crippen molar-refractivity contribution >= 4 is 5.91 Å². The molecule has 1 atom stereocenters. The van der Waals surface area contributed by atoms with Gasteiger partial charge in [0.1, 0.15) is 0 Å². The minimum absolute atomic E-state index is 0.0351. The average Bonchev–Trinajstić information content (AvgIpc) is 2.17. The van der Waals surface area contributed by atoms with E-state index in [1.165, 1.54) is 0 Å². The van der Waals surface area contributed by atoms with Crippen LogP contribution < -0.4 is 5.32 Å². The van der Waals surface area contributed by atoms with E-state index in [2.05, 4.69) is 25.2 Å². The lowest BCUT2D eigenvalue weighted by Crippen LogP contribution is -2.39. The van der Waals surface area contributed by atoms with Gasteiger partial charge in [0.15, 0.2) is 0 Å². The molecule has 1 unspecified atom stereocenters. The monoisotopic (exact) mass is 225 g/mol. The maximum Gasteiger partial charge on any atom is 0.234 e. The van der Waals surface area contributed by atoms with Crippen molar-refractivity contribution in [3.8, 4) is 6.07 Å². The third kappa shape index (κ3) is 7.24. The van der Waals surface area contributed by atoms with Crippen LogP contribution in [0.3, 0.4) is 0 Å². The number of likely N-dealkylation sites (N-methyl/N-ethyl adjacent to an activating group) is 1. The molecular formula is C12H23N3O. The number of hydrogen-bond donors (Lipinski definition) is 1. The van der Waals surface area contributed by atoms with Crippen LogP contribution in [0.4, 0.5) is 0 Å². The van der Waals surface area contributed by atoms with Gasteiger partial charge >= 0.3 is 0 Å². The molecule has 0 fully saturated rings. The Hall–Kier alpha value is -1.08. The maximum atomic E-state index is 11.5. The molecule has 0 bridgehead atoms. The average molecular weight is 225 g/mol. The molecule has 4 heteroatoms. The van der Waals surface area contributed by atoms with Crippen molar-refractivity contribution in [1.29, 1.82) is 5.26 Å². The Morgan fingerprint density at radius 3 is 2.56 bits per heavy atom. The summed E-state index contributed by atoms with van der Waals surface area (Å²) in [6, 6.07) is 2.23. The summed E-state index contributed by atoms with van der Waals surface area (Å²) in [4.78, 5) is 13.4. The number of carbonyl (C=O) groups excluding carboxylic acids is 1. The van der Waals surface area contributed by atoms with E-state index in [0.717, 1.165) is 13.0 Å². The van der Waals surface area contributed by atoms with Gasteiger partial charge < -0.3 is 5.32 Å². The molecule has 0 aromatic rings. The van der Waals surface area contributed by atoms with E-state index in [9.17, 15) is 4.79 Å². The Labute approximate surface area is 98.6 Å². The summed E-state index contributed by atoms with van der Waals surface area (Å²) >= 11 is 0. The lowest BCUT2D eigenvalue weighted by Gasteiger charge is -2.21. The van der Waals surface area contributed by atoms with Crippen LogP contribution in [0.2, 0.25) is 0 Å². The molecule has 1 N–H and O–H groups in total.